The number of anilines is 2. The van der Waals surface area contributed by atoms with E-state index in [1.165, 1.54) is 24.3 Å². The first-order valence-corrected chi connectivity index (χ1v) is 10.1. The van der Waals surface area contributed by atoms with E-state index in [1.54, 1.807) is 54.6 Å². The van der Waals surface area contributed by atoms with E-state index in [2.05, 4.69) is 10.0 Å². The standard InChI is InChI=1S/C20H17ClN2O4S/c21-15-5-4-8-18(13-15)27-14-20(24)22-16-9-11-19(12-10-16)28(25,26)23-17-6-2-1-3-7-17/h1-13,23H,14H2,(H,22,24). The van der Waals surface area contributed by atoms with Gasteiger partial charge in [-0.3, -0.25) is 9.52 Å². The summed E-state index contributed by atoms with van der Waals surface area (Å²) in [4.78, 5) is 12.1. The average Bonchev–Trinajstić information content (AvgIpc) is 2.67. The lowest BCUT2D eigenvalue weighted by Gasteiger charge is -2.10. The first-order valence-electron chi connectivity index (χ1n) is 8.28. The van der Waals surface area contributed by atoms with Crippen LogP contribution in [0.15, 0.2) is 83.8 Å². The van der Waals surface area contributed by atoms with Crippen LogP contribution in [-0.4, -0.2) is 20.9 Å². The van der Waals surface area contributed by atoms with E-state index in [9.17, 15) is 13.2 Å². The molecule has 0 aromatic heterocycles. The van der Waals surface area contributed by atoms with Gasteiger partial charge < -0.3 is 10.1 Å². The second kappa shape index (κ2) is 8.77. The Balaban J connectivity index is 1.58. The Kier molecular flexibility index (Phi) is 6.18. The number of amides is 1. The highest BCUT2D eigenvalue weighted by Gasteiger charge is 2.14. The molecular weight excluding hydrogens is 400 g/mol. The van der Waals surface area contributed by atoms with Gasteiger partial charge in [0.25, 0.3) is 15.9 Å². The Hall–Kier alpha value is -3.03. The molecule has 144 valence electrons. The molecule has 0 fully saturated rings. The number of hydrogen-bond acceptors (Lipinski definition) is 4. The molecule has 3 aromatic rings. The van der Waals surface area contributed by atoms with E-state index in [1.807, 2.05) is 0 Å². The summed E-state index contributed by atoms with van der Waals surface area (Å²) < 4.78 is 32.6. The van der Waals surface area contributed by atoms with Crippen molar-refractivity contribution in [1.29, 1.82) is 0 Å². The van der Waals surface area contributed by atoms with Crippen LogP contribution >= 0.6 is 11.6 Å². The van der Waals surface area contributed by atoms with Crippen molar-refractivity contribution in [2.24, 2.45) is 0 Å². The number of nitrogens with one attached hydrogen (secondary N) is 2. The number of hydrogen-bond donors (Lipinski definition) is 2. The summed E-state index contributed by atoms with van der Waals surface area (Å²) in [5, 5.41) is 3.16. The Morgan fingerprint density at radius 1 is 0.893 bits per heavy atom. The highest BCUT2D eigenvalue weighted by atomic mass is 35.5. The third-order valence-corrected chi connectivity index (χ3v) is 5.27. The Bertz CT molecular complexity index is 1060. The normalized spacial score (nSPS) is 10.9. The van der Waals surface area contributed by atoms with Crippen LogP contribution in [0.3, 0.4) is 0 Å². The van der Waals surface area contributed by atoms with Gasteiger partial charge in [-0.15, -0.1) is 0 Å². The minimum atomic E-state index is -3.71. The highest BCUT2D eigenvalue weighted by Crippen LogP contribution is 2.19. The van der Waals surface area contributed by atoms with Crippen molar-refractivity contribution in [3.8, 4) is 5.75 Å². The fourth-order valence-corrected chi connectivity index (χ4v) is 3.58. The zero-order valence-electron chi connectivity index (χ0n) is 14.6. The molecule has 28 heavy (non-hydrogen) atoms. The average molecular weight is 417 g/mol. The highest BCUT2D eigenvalue weighted by molar-refractivity contribution is 7.92. The Morgan fingerprint density at radius 2 is 1.61 bits per heavy atom. The minimum Gasteiger partial charge on any atom is -0.484 e. The quantitative estimate of drug-likeness (QED) is 0.605. The molecule has 0 aliphatic rings. The van der Waals surface area contributed by atoms with Gasteiger partial charge >= 0.3 is 0 Å². The predicted molar refractivity (Wildman–Crippen MR) is 109 cm³/mol. The second-order valence-electron chi connectivity index (χ2n) is 5.79. The lowest BCUT2D eigenvalue weighted by molar-refractivity contribution is -0.118. The largest absolute Gasteiger partial charge is 0.484 e. The summed E-state index contributed by atoms with van der Waals surface area (Å²) >= 11 is 5.86. The van der Waals surface area contributed by atoms with Gasteiger partial charge in [0, 0.05) is 16.4 Å². The van der Waals surface area contributed by atoms with Gasteiger partial charge in [0.2, 0.25) is 0 Å². The van der Waals surface area contributed by atoms with E-state index < -0.39 is 10.0 Å². The van der Waals surface area contributed by atoms with Crippen molar-refractivity contribution < 1.29 is 17.9 Å². The smallest absolute Gasteiger partial charge is 0.262 e. The molecule has 0 saturated heterocycles. The van der Waals surface area contributed by atoms with Crippen molar-refractivity contribution in [3.63, 3.8) is 0 Å². The summed E-state index contributed by atoms with van der Waals surface area (Å²) in [5.41, 5.74) is 0.927. The molecule has 6 nitrogen and oxygen atoms in total. The summed E-state index contributed by atoms with van der Waals surface area (Å²) in [6, 6.07) is 21.2. The summed E-state index contributed by atoms with van der Waals surface area (Å²) in [5.74, 6) is 0.106. The van der Waals surface area contributed by atoms with Crippen molar-refractivity contribution >= 4 is 38.9 Å². The zero-order chi connectivity index (χ0) is 20.0. The molecule has 2 N–H and O–H groups in total. The number of benzene rings is 3. The van der Waals surface area contributed by atoms with Crippen molar-refractivity contribution in [1.82, 2.24) is 0 Å². The zero-order valence-corrected chi connectivity index (χ0v) is 16.2. The van der Waals surface area contributed by atoms with Crippen LogP contribution in [0.5, 0.6) is 5.75 Å². The number of carbonyl (C=O) groups excluding carboxylic acids is 1. The number of ether oxygens (including phenoxy) is 1. The first kappa shape index (κ1) is 19.7. The molecule has 1 amide bonds. The maximum atomic E-state index is 12.4. The monoisotopic (exact) mass is 416 g/mol. The van der Waals surface area contributed by atoms with Gasteiger partial charge in [0.15, 0.2) is 6.61 Å². The number of rotatable bonds is 7. The van der Waals surface area contributed by atoms with Crippen LogP contribution in [0.4, 0.5) is 11.4 Å². The molecule has 0 radical (unpaired) electrons. The predicted octanol–water partition coefficient (Wildman–Crippen LogP) is 4.16. The summed E-state index contributed by atoms with van der Waals surface area (Å²) in [6.07, 6.45) is 0. The van der Waals surface area contributed by atoms with Gasteiger partial charge in [-0.1, -0.05) is 35.9 Å². The minimum absolute atomic E-state index is 0.0875. The second-order valence-corrected chi connectivity index (χ2v) is 7.91. The number of carbonyl (C=O) groups is 1. The van der Waals surface area contributed by atoms with E-state index >= 15 is 0 Å². The molecule has 0 aliphatic heterocycles. The molecule has 0 spiro atoms. The van der Waals surface area contributed by atoms with Crippen LogP contribution in [0.25, 0.3) is 0 Å². The molecule has 0 bridgehead atoms. The van der Waals surface area contributed by atoms with Gasteiger partial charge in [-0.25, -0.2) is 8.42 Å². The third-order valence-electron chi connectivity index (χ3n) is 3.64. The lowest BCUT2D eigenvalue weighted by atomic mass is 10.3. The molecule has 0 unspecified atom stereocenters. The molecule has 0 saturated carbocycles. The molecule has 0 aliphatic carbocycles. The SMILES string of the molecule is O=C(COc1cccc(Cl)c1)Nc1ccc(S(=O)(=O)Nc2ccccc2)cc1. The molecule has 3 rings (SSSR count). The van der Waals surface area contributed by atoms with E-state index in [0.29, 0.717) is 22.1 Å². The molecule has 0 heterocycles. The molecule has 0 atom stereocenters. The molecule has 3 aromatic carbocycles. The lowest BCUT2D eigenvalue weighted by Crippen LogP contribution is -2.20. The van der Waals surface area contributed by atoms with Gasteiger partial charge in [0.05, 0.1) is 4.90 Å². The maximum absolute atomic E-state index is 12.4. The van der Waals surface area contributed by atoms with E-state index in [4.69, 9.17) is 16.3 Å². The van der Waals surface area contributed by atoms with E-state index in [-0.39, 0.29) is 17.4 Å². The van der Waals surface area contributed by atoms with Gasteiger partial charge in [-0.05, 0) is 54.6 Å². The molecule has 8 heteroatoms. The fourth-order valence-electron chi connectivity index (χ4n) is 2.34. The first-order chi connectivity index (χ1) is 13.4. The summed E-state index contributed by atoms with van der Waals surface area (Å²) in [6.45, 7) is -0.198. The summed E-state index contributed by atoms with van der Waals surface area (Å²) in [7, 11) is -3.71. The fraction of sp³-hybridized carbons (Fsp3) is 0.0500. The van der Waals surface area contributed by atoms with Crippen molar-refractivity contribution in [2.75, 3.05) is 16.6 Å². The van der Waals surface area contributed by atoms with Crippen LogP contribution in [0.1, 0.15) is 0 Å². The number of para-hydroxylation sites is 1. The molecular formula is C20H17ClN2O4S. The topological polar surface area (TPSA) is 84.5 Å². The van der Waals surface area contributed by atoms with Crippen LogP contribution in [-0.2, 0) is 14.8 Å². The van der Waals surface area contributed by atoms with Crippen LogP contribution < -0.4 is 14.8 Å². The Labute approximate surface area is 168 Å². The Morgan fingerprint density at radius 3 is 2.29 bits per heavy atom. The van der Waals surface area contributed by atoms with Crippen LogP contribution in [0, 0.1) is 0 Å². The third kappa shape index (κ3) is 5.48. The maximum Gasteiger partial charge on any atom is 0.262 e. The number of sulfonamides is 1. The van der Waals surface area contributed by atoms with Crippen LogP contribution in [0.2, 0.25) is 5.02 Å². The van der Waals surface area contributed by atoms with E-state index in [0.717, 1.165) is 0 Å². The number of halogens is 1. The van der Waals surface area contributed by atoms with Gasteiger partial charge in [-0.2, -0.15) is 0 Å². The van der Waals surface area contributed by atoms with Crippen molar-refractivity contribution in [2.45, 2.75) is 4.90 Å². The van der Waals surface area contributed by atoms with Crippen molar-refractivity contribution in [3.05, 3.63) is 83.9 Å². The van der Waals surface area contributed by atoms with Gasteiger partial charge in [0.1, 0.15) is 5.75 Å².